The zero-order valence-corrected chi connectivity index (χ0v) is 16.6. The highest BCUT2D eigenvalue weighted by molar-refractivity contribution is 9.10. The van der Waals surface area contributed by atoms with Crippen LogP contribution in [0.1, 0.15) is 32.8 Å². The van der Waals surface area contributed by atoms with Gasteiger partial charge in [-0.3, -0.25) is 4.79 Å². The van der Waals surface area contributed by atoms with Crippen molar-refractivity contribution in [2.24, 2.45) is 5.92 Å². The molecule has 0 spiro atoms. The van der Waals surface area contributed by atoms with Crippen LogP contribution in [-0.4, -0.2) is 35.6 Å². The van der Waals surface area contributed by atoms with Gasteiger partial charge >= 0.3 is 6.09 Å². The van der Waals surface area contributed by atoms with Crippen LogP contribution in [-0.2, 0) is 9.53 Å². The average molecular weight is 418 g/mol. The van der Waals surface area contributed by atoms with E-state index < -0.39 is 5.60 Å². The Hall–Kier alpha value is -1.27. The Bertz CT molecular complexity index is 635. The molecule has 0 aliphatic carbocycles. The number of ether oxygens (including phenoxy) is 1. The van der Waals surface area contributed by atoms with Gasteiger partial charge in [-0.15, -0.1) is 0 Å². The van der Waals surface area contributed by atoms with Gasteiger partial charge in [0, 0.05) is 22.6 Å². The lowest BCUT2D eigenvalue weighted by atomic mass is 10.1. The third-order valence-corrected chi connectivity index (χ3v) is 4.55. The van der Waals surface area contributed by atoms with Crippen molar-refractivity contribution in [3.8, 4) is 0 Å². The molecule has 7 heteroatoms. The summed E-state index contributed by atoms with van der Waals surface area (Å²) < 4.78 is 6.09. The van der Waals surface area contributed by atoms with Crippen molar-refractivity contribution in [3.05, 3.63) is 27.2 Å². The molecular formula is C17H22BrClN2O3. The average Bonchev–Trinajstić information content (AvgIpc) is 2.90. The molecule has 1 aliphatic rings. The van der Waals surface area contributed by atoms with E-state index >= 15 is 0 Å². The molecule has 24 heavy (non-hydrogen) atoms. The molecule has 1 aliphatic heterocycles. The summed E-state index contributed by atoms with van der Waals surface area (Å²) in [7, 11) is 0. The molecule has 0 aromatic heterocycles. The number of aryl methyl sites for hydroxylation is 1. The van der Waals surface area contributed by atoms with Gasteiger partial charge in [-0.1, -0.05) is 11.6 Å². The van der Waals surface area contributed by atoms with Crippen LogP contribution in [0.4, 0.5) is 10.5 Å². The molecule has 1 N–H and O–H groups in total. The predicted octanol–water partition coefficient (Wildman–Crippen LogP) is 4.61. The van der Waals surface area contributed by atoms with Crippen molar-refractivity contribution in [1.82, 2.24) is 4.90 Å². The maximum atomic E-state index is 12.5. The van der Waals surface area contributed by atoms with Gasteiger partial charge in [0.2, 0.25) is 5.91 Å². The SMILES string of the molecule is Cc1cc(Cl)cc(Br)c1NC(=O)[C@H]1CCN(C(=O)OC(C)(C)C)C1. The number of hydrogen-bond acceptors (Lipinski definition) is 3. The van der Waals surface area contributed by atoms with Gasteiger partial charge in [0.1, 0.15) is 5.60 Å². The van der Waals surface area contributed by atoms with E-state index in [1.54, 1.807) is 17.0 Å². The summed E-state index contributed by atoms with van der Waals surface area (Å²) in [5.74, 6) is -0.355. The number of halogens is 2. The Labute approximate surface area is 155 Å². The normalized spacial score (nSPS) is 17.8. The largest absolute Gasteiger partial charge is 0.444 e. The fourth-order valence-electron chi connectivity index (χ4n) is 2.55. The van der Waals surface area contributed by atoms with Gasteiger partial charge < -0.3 is 15.0 Å². The highest BCUT2D eigenvalue weighted by Crippen LogP contribution is 2.31. The van der Waals surface area contributed by atoms with Gasteiger partial charge in [-0.25, -0.2) is 4.79 Å². The van der Waals surface area contributed by atoms with Gasteiger partial charge in [0.25, 0.3) is 0 Å². The number of benzene rings is 1. The lowest BCUT2D eigenvalue weighted by Crippen LogP contribution is -2.36. The molecule has 2 amide bonds. The molecule has 0 saturated carbocycles. The van der Waals surface area contributed by atoms with E-state index in [2.05, 4.69) is 21.2 Å². The molecule has 2 rings (SSSR count). The standard InChI is InChI=1S/C17H22BrClN2O3/c1-10-7-12(19)8-13(18)14(10)20-15(22)11-5-6-21(9-11)16(23)24-17(2,3)4/h7-8,11H,5-6,9H2,1-4H3,(H,20,22)/t11-/m0/s1. The molecule has 0 bridgehead atoms. The second-order valence-corrected chi connectivity index (χ2v) is 8.27. The van der Waals surface area contributed by atoms with E-state index in [1.165, 1.54) is 0 Å². The summed E-state index contributed by atoms with van der Waals surface area (Å²) in [5, 5.41) is 3.54. The molecule has 1 atom stereocenters. The van der Waals surface area contributed by atoms with E-state index in [0.717, 1.165) is 10.0 Å². The minimum absolute atomic E-state index is 0.104. The second kappa shape index (κ2) is 7.31. The number of anilines is 1. The number of rotatable bonds is 2. The lowest BCUT2D eigenvalue weighted by Gasteiger charge is -2.24. The fraction of sp³-hybridized carbons (Fsp3) is 0.529. The Kier molecular flexibility index (Phi) is 5.81. The van der Waals surface area contributed by atoms with Crippen molar-refractivity contribution in [3.63, 3.8) is 0 Å². The number of carbonyl (C=O) groups is 2. The van der Waals surface area contributed by atoms with Gasteiger partial charge in [-0.05, 0) is 67.7 Å². The van der Waals surface area contributed by atoms with Crippen LogP contribution in [0, 0.1) is 12.8 Å². The van der Waals surface area contributed by atoms with Crippen LogP contribution in [0.15, 0.2) is 16.6 Å². The number of carbonyl (C=O) groups excluding carboxylic acids is 2. The summed E-state index contributed by atoms with van der Waals surface area (Å²) in [5.41, 5.74) is 1.05. The minimum atomic E-state index is -0.539. The molecule has 1 aromatic rings. The highest BCUT2D eigenvalue weighted by Gasteiger charge is 2.33. The molecule has 132 valence electrons. The van der Waals surface area contributed by atoms with Crippen molar-refractivity contribution in [2.75, 3.05) is 18.4 Å². The topological polar surface area (TPSA) is 58.6 Å². The summed E-state index contributed by atoms with van der Waals surface area (Å²) in [6, 6.07) is 3.54. The van der Waals surface area contributed by atoms with Crippen LogP contribution in [0.3, 0.4) is 0 Å². The first-order valence-electron chi connectivity index (χ1n) is 7.81. The monoisotopic (exact) mass is 416 g/mol. The number of hydrogen-bond donors (Lipinski definition) is 1. The van der Waals surface area contributed by atoms with E-state index in [9.17, 15) is 9.59 Å². The smallest absolute Gasteiger partial charge is 0.410 e. The van der Waals surface area contributed by atoms with Crippen LogP contribution in [0.2, 0.25) is 5.02 Å². The van der Waals surface area contributed by atoms with E-state index in [-0.39, 0.29) is 17.9 Å². The van der Waals surface area contributed by atoms with Crippen molar-refractivity contribution in [2.45, 2.75) is 39.7 Å². The zero-order valence-electron chi connectivity index (χ0n) is 14.3. The molecule has 1 heterocycles. The Morgan fingerprint density at radius 1 is 1.38 bits per heavy atom. The lowest BCUT2D eigenvalue weighted by molar-refractivity contribution is -0.119. The van der Waals surface area contributed by atoms with Crippen LogP contribution >= 0.6 is 27.5 Å². The molecule has 1 aromatic carbocycles. The van der Waals surface area contributed by atoms with E-state index in [0.29, 0.717) is 30.2 Å². The third-order valence-electron chi connectivity index (χ3n) is 3.71. The molecule has 5 nitrogen and oxygen atoms in total. The van der Waals surface area contributed by atoms with Crippen LogP contribution in [0.5, 0.6) is 0 Å². The summed E-state index contributed by atoms with van der Waals surface area (Å²) in [6.07, 6.45) is 0.247. The van der Waals surface area contributed by atoms with Gasteiger partial charge in [-0.2, -0.15) is 0 Å². The van der Waals surface area contributed by atoms with E-state index in [1.807, 2.05) is 27.7 Å². The third kappa shape index (κ3) is 4.86. The highest BCUT2D eigenvalue weighted by atomic mass is 79.9. The minimum Gasteiger partial charge on any atom is -0.444 e. The Balaban J connectivity index is 1.99. The summed E-state index contributed by atoms with van der Waals surface area (Å²) >= 11 is 9.41. The van der Waals surface area contributed by atoms with Gasteiger partial charge in [0.05, 0.1) is 11.6 Å². The van der Waals surface area contributed by atoms with E-state index in [4.69, 9.17) is 16.3 Å². The number of nitrogens with zero attached hydrogens (tertiary/aromatic N) is 1. The first kappa shape index (κ1) is 19.1. The molecule has 0 unspecified atom stereocenters. The molecule has 0 radical (unpaired) electrons. The summed E-state index contributed by atoms with van der Waals surface area (Å²) in [4.78, 5) is 26.2. The second-order valence-electron chi connectivity index (χ2n) is 6.98. The maximum Gasteiger partial charge on any atom is 0.410 e. The van der Waals surface area contributed by atoms with Crippen molar-refractivity contribution >= 4 is 45.2 Å². The predicted molar refractivity (Wildman–Crippen MR) is 98.4 cm³/mol. The Morgan fingerprint density at radius 3 is 2.62 bits per heavy atom. The fourth-order valence-corrected chi connectivity index (χ4v) is 3.62. The first-order chi connectivity index (χ1) is 11.1. The van der Waals surface area contributed by atoms with Crippen molar-refractivity contribution < 1.29 is 14.3 Å². The zero-order chi connectivity index (χ0) is 18.1. The van der Waals surface area contributed by atoms with Gasteiger partial charge in [0.15, 0.2) is 0 Å². The number of nitrogens with one attached hydrogen (secondary N) is 1. The number of amides is 2. The molecule has 1 saturated heterocycles. The van der Waals surface area contributed by atoms with Crippen molar-refractivity contribution in [1.29, 1.82) is 0 Å². The first-order valence-corrected chi connectivity index (χ1v) is 8.98. The van der Waals surface area contributed by atoms with Crippen LogP contribution in [0.25, 0.3) is 0 Å². The molecule has 1 fully saturated rings. The number of likely N-dealkylation sites (tertiary alicyclic amines) is 1. The van der Waals surface area contributed by atoms with Crippen LogP contribution < -0.4 is 5.32 Å². The quantitative estimate of drug-likeness (QED) is 0.764. The summed E-state index contributed by atoms with van der Waals surface area (Å²) in [6.45, 7) is 8.25. The Morgan fingerprint density at radius 2 is 2.04 bits per heavy atom. The maximum absolute atomic E-state index is 12.5. The molecular weight excluding hydrogens is 396 g/mol.